The Labute approximate surface area is 150 Å². The van der Waals surface area contributed by atoms with Gasteiger partial charge >= 0.3 is 0 Å². The third kappa shape index (κ3) is 4.30. The summed E-state index contributed by atoms with van der Waals surface area (Å²) in [5.74, 6) is 6.87. The summed E-state index contributed by atoms with van der Waals surface area (Å²) in [4.78, 5) is 12.2. The van der Waals surface area contributed by atoms with Crippen LogP contribution in [-0.4, -0.2) is 26.5 Å². The van der Waals surface area contributed by atoms with Gasteiger partial charge in [-0.15, -0.1) is 10.2 Å². The molecule has 0 radical (unpaired) electrons. The minimum Gasteiger partial charge on any atom is -0.336 e. The van der Waals surface area contributed by atoms with E-state index in [1.165, 1.54) is 16.4 Å². The number of rotatable bonds is 7. The van der Waals surface area contributed by atoms with Gasteiger partial charge in [-0.25, -0.2) is 4.68 Å². The Bertz CT molecular complexity index is 877. The predicted molar refractivity (Wildman–Crippen MR) is 102 cm³/mol. The smallest absolute Gasteiger partial charge is 0.234 e. The summed E-state index contributed by atoms with van der Waals surface area (Å²) >= 11 is 1.28. The summed E-state index contributed by atoms with van der Waals surface area (Å²) in [6.07, 6.45) is 2.88. The first-order valence-electron chi connectivity index (χ1n) is 8.28. The Morgan fingerprint density at radius 1 is 1.20 bits per heavy atom. The first-order valence-corrected chi connectivity index (χ1v) is 9.26. The minimum atomic E-state index is -0.0987. The molecule has 2 aromatic carbocycles. The number of carbonyl (C=O) groups excluding carboxylic acids is 1. The normalized spacial score (nSPS) is 10.9. The van der Waals surface area contributed by atoms with Gasteiger partial charge in [0.15, 0.2) is 5.82 Å². The Morgan fingerprint density at radius 2 is 2.00 bits per heavy atom. The van der Waals surface area contributed by atoms with Gasteiger partial charge in [0.1, 0.15) is 0 Å². The van der Waals surface area contributed by atoms with Crippen LogP contribution in [0.2, 0.25) is 0 Å². The molecule has 3 aromatic rings. The SMILES string of the molecule is CCCCc1nnc(SCC(=O)Nc2ccc3ccccc3c2)n1N. The molecule has 0 atom stereocenters. The van der Waals surface area contributed by atoms with Gasteiger partial charge < -0.3 is 11.2 Å². The number of carbonyl (C=O) groups is 1. The molecule has 0 aliphatic carbocycles. The third-order valence-corrected chi connectivity index (χ3v) is 4.80. The van der Waals surface area contributed by atoms with Gasteiger partial charge in [0.25, 0.3) is 0 Å². The van der Waals surface area contributed by atoms with Crippen LogP contribution in [0, 0.1) is 0 Å². The van der Waals surface area contributed by atoms with Gasteiger partial charge in [-0.2, -0.15) is 0 Å². The fraction of sp³-hybridized carbons (Fsp3) is 0.278. The zero-order chi connectivity index (χ0) is 17.6. The van der Waals surface area contributed by atoms with Gasteiger partial charge in [0.05, 0.1) is 5.75 Å². The van der Waals surface area contributed by atoms with Crippen molar-refractivity contribution in [3.63, 3.8) is 0 Å². The number of hydrogen-bond acceptors (Lipinski definition) is 5. The van der Waals surface area contributed by atoms with Crippen molar-refractivity contribution in [3.8, 4) is 0 Å². The lowest BCUT2D eigenvalue weighted by Crippen LogP contribution is -2.17. The molecule has 0 unspecified atom stereocenters. The van der Waals surface area contributed by atoms with Crippen LogP contribution in [0.1, 0.15) is 25.6 Å². The Morgan fingerprint density at radius 3 is 2.80 bits per heavy atom. The summed E-state index contributed by atoms with van der Waals surface area (Å²) in [6.45, 7) is 2.12. The maximum atomic E-state index is 12.2. The van der Waals surface area contributed by atoms with Crippen LogP contribution in [0.25, 0.3) is 10.8 Å². The Kier molecular flexibility index (Phi) is 5.55. The molecule has 1 aromatic heterocycles. The Hall–Kier alpha value is -2.54. The number of aryl methyl sites for hydroxylation is 1. The fourth-order valence-corrected chi connectivity index (χ4v) is 3.18. The van der Waals surface area contributed by atoms with E-state index < -0.39 is 0 Å². The van der Waals surface area contributed by atoms with Crippen molar-refractivity contribution in [1.29, 1.82) is 0 Å². The molecule has 0 bridgehead atoms. The zero-order valence-electron chi connectivity index (χ0n) is 14.1. The number of hydrogen-bond donors (Lipinski definition) is 2. The first kappa shape index (κ1) is 17.3. The number of thioether (sulfide) groups is 1. The lowest BCUT2D eigenvalue weighted by Gasteiger charge is -2.07. The molecule has 0 saturated heterocycles. The average molecular weight is 355 g/mol. The van der Waals surface area contributed by atoms with Gasteiger partial charge in [-0.3, -0.25) is 4.79 Å². The number of aromatic nitrogens is 3. The fourth-order valence-electron chi connectivity index (χ4n) is 2.51. The average Bonchev–Trinajstić information content (AvgIpc) is 2.98. The highest BCUT2D eigenvalue weighted by Crippen LogP contribution is 2.20. The molecule has 0 spiro atoms. The Balaban J connectivity index is 1.58. The minimum absolute atomic E-state index is 0.0987. The van der Waals surface area contributed by atoms with Crippen LogP contribution in [0.3, 0.4) is 0 Å². The van der Waals surface area contributed by atoms with E-state index in [-0.39, 0.29) is 11.7 Å². The highest BCUT2D eigenvalue weighted by atomic mass is 32.2. The second-order valence-electron chi connectivity index (χ2n) is 5.77. The number of amides is 1. The lowest BCUT2D eigenvalue weighted by molar-refractivity contribution is -0.113. The number of benzene rings is 2. The summed E-state index contributed by atoms with van der Waals surface area (Å²) in [5.41, 5.74) is 0.780. The van der Waals surface area contributed by atoms with E-state index in [0.717, 1.165) is 41.5 Å². The second kappa shape index (κ2) is 8.02. The molecule has 1 heterocycles. The van der Waals surface area contributed by atoms with Crippen molar-refractivity contribution in [2.24, 2.45) is 0 Å². The molecule has 0 aliphatic heterocycles. The van der Waals surface area contributed by atoms with Gasteiger partial charge in [-0.1, -0.05) is 55.4 Å². The van der Waals surface area contributed by atoms with Crippen molar-refractivity contribution in [3.05, 3.63) is 48.3 Å². The van der Waals surface area contributed by atoms with E-state index in [1.807, 2.05) is 42.5 Å². The van der Waals surface area contributed by atoms with E-state index in [4.69, 9.17) is 5.84 Å². The van der Waals surface area contributed by atoms with E-state index >= 15 is 0 Å². The molecule has 1 amide bonds. The van der Waals surface area contributed by atoms with E-state index in [2.05, 4.69) is 22.4 Å². The summed E-state index contributed by atoms with van der Waals surface area (Å²) in [5, 5.41) is 13.8. The number of anilines is 1. The zero-order valence-corrected chi connectivity index (χ0v) is 14.9. The molecule has 0 aliphatic rings. The predicted octanol–water partition coefficient (Wildman–Crippen LogP) is 3.22. The van der Waals surface area contributed by atoms with E-state index in [9.17, 15) is 4.79 Å². The maximum absolute atomic E-state index is 12.2. The summed E-state index contributed by atoms with van der Waals surface area (Å²) < 4.78 is 1.48. The van der Waals surface area contributed by atoms with Crippen LogP contribution in [0.15, 0.2) is 47.6 Å². The number of nitrogen functional groups attached to an aromatic ring is 1. The number of nitrogens with zero attached hydrogens (tertiary/aromatic N) is 3. The van der Waals surface area contributed by atoms with Crippen LogP contribution in [0.4, 0.5) is 5.69 Å². The molecule has 25 heavy (non-hydrogen) atoms. The van der Waals surface area contributed by atoms with Crippen molar-refractivity contribution in [2.75, 3.05) is 16.9 Å². The van der Waals surface area contributed by atoms with Crippen LogP contribution >= 0.6 is 11.8 Å². The molecule has 3 N–H and O–H groups in total. The monoisotopic (exact) mass is 355 g/mol. The molecular weight excluding hydrogens is 334 g/mol. The highest BCUT2D eigenvalue weighted by molar-refractivity contribution is 7.99. The van der Waals surface area contributed by atoms with Crippen LogP contribution < -0.4 is 11.2 Å². The van der Waals surface area contributed by atoms with Crippen LogP contribution in [0.5, 0.6) is 0 Å². The van der Waals surface area contributed by atoms with Crippen molar-refractivity contribution in [1.82, 2.24) is 14.9 Å². The van der Waals surface area contributed by atoms with E-state index in [0.29, 0.717) is 5.16 Å². The number of unbranched alkanes of at least 4 members (excludes halogenated alkanes) is 1. The van der Waals surface area contributed by atoms with E-state index in [1.54, 1.807) is 0 Å². The highest BCUT2D eigenvalue weighted by Gasteiger charge is 2.12. The van der Waals surface area contributed by atoms with Gasteiger partial charge in [-0.05, 0) is 29.3 Å². The quantitative estimate of drug-likeness (QED) is 0.502. The second-order valence-corrected chi connectivity index (χ2v) is 6.71. The molecule has 130 valence electrons. The molecule has 0 saturated carbocycles. The number of nitrogens with two attached hydrogens (primary N) is 1. The maximum Gasteiger partial charge on any atom is 0.234 e. The standard InChI is InChI=1S/C18H21N5OS/c1-2-3-8-16-21-22-18(23(16)19)25-12-17(24)20-15-10-9-13-6-4-5-7-14(13)11-15/h4-7,9-11H,2-3,8,12,19H2,1H3,(H,20,24). The van der Waals surface area contributed by atoms with Crippen molar-refractivity contribution < 1.29 is 4.79 Å². The lowest BCUT2D eigenvalue weighted by atomic mass is 10.1. The summed E-state index contributed by atoms with van der Waals surface area (Å²) in [6, 6.07) is 13.9. The van der Waals surface area contributed by atoms with Crippen molar-refractivity contribution in [2.45, 2.75) is 31.3 Å². The molecule has 0 fully saturated rings. The third-order valence-electron chi connectivity index (χ3n) is 3.85. The van der Waals surface area contributed by atoms with Crippen molar-refractivity contribution >= 4 is 34.1 Å². The van der Waals surface area contributed by atoms with Crippen LogP contribution in [-0.2, 0) is 11.2 Å². The topological polar surface area (TPSA) is 85.8 Å². The molecular formula is C18H21N5OS. The first-order chi connectivity index (χ1) is 12.2. The largest absolute Gasteiger partial charge is 0.336 e. The molecule has 3 rings (SSSR count). The number of fused-ring (bicyclic) bond motifs is 1. The summed E-state index contributed by atoms with van der Waals surface area (Å²) in [7, 11) is 0. The van der Waals surface area contributed by atoms with Gasteiger partial charge in [0.2, 0.25) is 11.1 Å². The molecule has 6 nitrogen and oxygen atoms in total. The van der Waals surface area contributed by atoms with Gasteiger partial charge in [0, 0.05) is 12.1 Å². The molecule has 7 heteroatoms. The number of nitrogens with one attached hydrogen (secondary N) is 1.